The van der Waals surface area contributed by atoms with E-state index in [0.29, 0.717) is 23.7 Å². The third-order valence-electron chi connectivity index (χ3n) is 5.36. The molecule has 1 N–H and O–H groups in total. The molecule has 1 aliphatic rings. The van der Waals surface area contributed by atoms with Crippen molar-refractivity contribution in [3.63, 3.8) is 0 Å². The van der Waals surface area contributed by atoms with E-state index in [2.05, 4.69) is 0 Å². The van der Waals surface area contributed by atoms with Gasteiger partial charge >= 0.3 is 0 Å². The first-order valence-corrected chi connectivity index (χ1v) is 10.1. The highest BCUT2D eigenvalue weighted by Gasteiger charge is 2.33. The molecular weight excluding hydrogens is 395 g/mol. The Morgan fingerprint density at radius 1 is 1.28 bits per heavy atom. The largest absolute Gasteiger partial charge is 0.497 e. The van der Waals surface area contributed by atoms with Crippen LogP contribution in [-0.2, 0) is 11.3 Å². The van der Waals surface area contributed by atoms with Crippen molar-refractivity contribution >= 4 is 17.5 Å². The Balaban J connectivity index is 1.73. The van der Waals surface area contributed by atoms with E-state index in [0.717, 1.165) is 34.8 Å². The van der Waals surface area contributed by atoms with Gasteiger partial charge in [0.25, 0.3) is 5.91 Å². The number of ether oxygens (including phenoxy) is 2. The van der Waals surface area contributed by atoms with Gasteiger partial charge in [0.1, 0.15) is 23.9 Å². The third-order valence-corrected chi connectivity index (χ3v) is 5.72. The molecule has 1 fully saturated rings. The molecule has 1 heterocycles. The highest BCUT2D eigenvalue weighted by Crippen LogP contribution is 2.38. The molecule has 5 nitrogen and oxygen atoms in total. The number of nitrogens with zero attached hydrogens (tertiary/aromatic N) is 1. The van der Waals surface area contributed by atoms with Crippen LogP contribution in [0.4, 0.5) is 4.39 Å². The quantitative estimate of drug-likeness (QED) is 0.747. The number of nitrogens with one attached hydrogen (secondary N) is 1. The minimum atomic E-state index is -0.343. The fraction of sp³-hybridized carbons (Fsp3) is 0.409. The molecular formula is C22H27ClFN2O3+. The number of amides is 1. The number of benzene rings is 2. The van der Waals surface area contributed by atoms with Crippen molar-refractivity contribution in [2.75, 3.05) is 34.4 Å². The second-order valence-electron chi connectivity index (χ2n) is 7.36. The van der Waals surface area contributed by atoms with Crippen LogP contribution in [0.3, 0.4) is 0 Å². The fourth-order valence-electron chi connectivity index (χ4n) is 3.91. The number of rotatable bonds is 7. The van der Waals surface area contributed by atoms with Gasteiger partial charge in [0.05, 0.1) is 37.9 Å². The molecule has 1 amide bonds. The summed E-state index contributed by atoms with van der Waals surface area (Å²) >= 11 is 6.13. The Kier molecular flexibility index (Phi) is 6.98. The Labute approximate surface area is 176 Å². The number of likely N-dealkylation sites (tertiary alicyclic amines) is 1. The molecule has 29 heavy (non-hydrogen) atoms. The molecule has 0 aliphatic carbocycles. The molecule has 2 atom stereocenters. The van der Waals surface area contributed by atoms with Crippen LogP contribution >= 0.6 is 11.6 Å². The highest BCUT2D eigenvalue weighted by atomic mass is 35.5. The molecule has 3 rings (SSSR count). The molecule has 7 heteroatoms. The predicted molar refractivity (Wildman–Crippen MR) is 110 cm³/mol. The molecule has 1 aliphatic heterocycles. The number of likely N-dealkylation sites (N-methyl/N-ethyl adjacent to an activating group) is 1. The molecule has 1 unspecified atom stereocenters. The molecule has 1 saturated heterocycles. The van der Waals surface area contributed by atoms with E-state index in [-0.39, 0.29) is 24.3 Å². The Morgan fingerprint density at radius 2 is 2.07 bits per heavy atom. The van der Waals surface area contributed by atoms with Crippen molar-refractivity contribution < 1.29 is 23.6 Å². The van der Waals surface area contributed by atoms with Crippen molar-refractivity contribution in [1.29, 1.82) is 0 Å². The maximum atomic E-state index is 14.1. The summed E-state index contributed by atoms with van der Waals surface area (Å²) in [6.07, 6.45) is 1.79. The van der Waals surface area contributed by atoms with Crippen LogP contribution in [0.1, 0.15) is 30.0 Å². The minimum absolute atomic E-state index is 0.0299. The first-order valence-electron chi connectivity index (χ1n) is 9.70. The topological polar surface area (TPSA) is 43.2 Å². The molecule has 0 aromatic heterocycles. The molecule has 156 valence electrons. The maximum Gasteiger partial charge on any atom is 0.278 e. The second kappa shape index (κ2) is 9.46. The fourth-order valence-corrected chi connectivity index (χ4v) is 4.14. The van der Waals surface area contributed by atoms with E-state index in [9.17, 15) is 9.18 Å². The number of hydrogen-bond acceptors (Lipinski definition) is 3. The number of carbonyl (C=O) groups excluding carboxylic acids is 1. The van der Waals surface area contributed by atoms with E-state index in [4.69, 9.17) is 21.1 Å². The minimum Gasteiger partial charge on any atom is -0.497 e. The van der Waals surface area contributed by atoms with Crippen molar-refractivity contribution in [2.45, 2.75) is 25.4 Å². The zero-order valence-corrected chi connectivity index (χ0v) is 17.8. The van der Waals surface area contributed by atoms with Crippen molar-refractivity contribution in [3.8, 4) is 11.5 Å². The van der Waals surface area contributed by atoms with Gasteiger partial charge in [-0.2, -0.15) is 0 Å². The summed E-state index contributed by atoms with van der Waals surface area (Å²) in [4.78, 5) is 15.8. The van der Waals surface area contributed by atoms with Gasteiger partial charge in [-0.3, -0.25) is 4.79 Å². The number of halogens is 2. The lowest BCUT2D eigenvalue weighted by Crippen LogP contribution is -3.09. The summed E-state index contributed by atoms with van der Waals surface area (Å²) in [7, 11) is 5.12. The number of hydrogen-bond donors (Lipinski definition) is 1. The average Bonchev–Trinajstić information content (AvgIpc) is 3.20. The lowest BCUT2D eigenvalue weighted by Gasteiger charge is -2.27. The number of quaternary nitrogens is 1. The highest BCUT2D eigenvalue weighted by molar-refractivity contribution is 6.31. The van der Waals surface area contributed by atoms with Crippen molar-refractivity contribution in [3.05, 3.63) is 58.4 Å². The zero-order valence-electron chi connectivity index (χ0n) is 17.0. The SMILES string of the molecule is COc1ccc(OC)c([C@@H]2CCCN2C(=O)C[NH+](C)Cc2c(F)cccc2Cl)c1. The monoisotopic (exact) mass is 421 g/mol. The molecule has 0 spiro atoms. The summed E-state index contributed by atoms with van der Waals surface area (Å²) in [5.41, 5.74) is 1.39. The van der Waals surface area contributed by atoms with Crippen molar-refractivity contribution in [1.82, 2.24) is 4.90 Å². The summed E-state index contributed by atoms with van der Waals surface area (Å²) in [5, 5.41) is 0.386. The Bertz CT molecular complexity index is 857. The van der Waals surface area contributed by atoms with Gasteiger partial charge in [-0.1, -0.05) is 17.7 Å². The zero-order chi connectivity index (χ0) is 21.0. The van der Waals surface area contributed by atoms with Crippen LogP contribution < -0.4 is 14.4 Å². The molecule has 2 aromatic carbocycles. The second-order valence-corrected chi connectivity index (χ2v) is 7.77. The third kappa shape index (κ3) is 4.82. The van der Waals surface area contributed by atoms with Crippen LogP contribution in [-0.4, -0.2) is 45.2 Å². The lowest BCUT2D eigenvalue weighted by molar-refractivity contribution is -0.885. The molecule has 2 aromatic rings. The first-order chi connectivity index (χ1) is 13.9. The van der Waals surface area contributed by atoms with Crippen LogP contribution in [0.15, 0.2) is 36.4 Å². The van der Waals surface area contributed by atoms with Crippen LogP contribution in [0.25, 0.3) is 0 Å². The summed E-state index contributed by atoms with van der Waals surface area (Å²) in [5.74, 6) is 1.16. The standard InChI is InChI=1S/C22H26ClFN2O3/c1-25(13-17-18(23)6-4-7-19(17)24)14-22(27)26-11-5-8-20(26)16-12-15(28-2)9-10-21(16)29-3/h4,6-7,9-10,12,20H,5,8,11,13-14H2,1-3H3/p+1/t20-/m0/s1. The summed E-state index contributed by atoms with van der Waals surface area (Å²) in [6, 6.07) is 10.2. The van der Waals surface area contributed by atoms with E-state index in [1.165, 1.54) is 6.07 Å². The van der Waals surface area contributed by atoms with Crippen LogP contribution in [0.2, 0.25) is 5.02 Å². The Hall–Kier alpha value is -2.31. The normalized spacial score (nSPS) is 17.3. The average molecular weight is 422 g/mol. The predicted octanol–water partition coefficient (Wildman–Crippen LogP) is 2.87. The number of methoxy groups -OCH3 is 2. The molecule has 0 radical (unpaired) electrons. The summed E-state index contributed by atoms with van der Waals surface area (Å²) in [6.45, 7) is 1.29. The maximum absolute atomic E-state index is 14.1. The lowest BCUT2D eigenvalue weighted by atomic mass is 10.0. The van der Waals surface area contributed by atoms with E-state index in [1.807, 2.05) is 30.1 Å². The smallest absolute Gasteiger partial charge is 0.278 e. The van der Waals surface area contributed by atoms with Crippen LogP contribution in [0, 0.1) is 5.82 Å². The molecule has 0 bridgehead atoms. The van der Waals surface area contributed by atoms with E-state index >= 15 is 0 Å². The van der Waals surface area contributed by atoms with Gasteiger partial charge in [0, 0.05) is 12.1 Å². The van der Waals surface area contributed by atoms with Gasteiger partial charge in [-0.25, -0.2) is 4.39 Å². The van der Waals surface area contributed by atoms with Crippen LogP contribution in [0.5, 0.6) is 11.5 Å². The Morgan fingerprint density at radius 3 is 2.76 bits per heavy atom. The van der Waals surface area contributed by atoms with Gasteiger partial charge in [0.15, 0.2) is 6.54 Å². The van der Waals surface area contributed by atoms with E-state index < -0.39 is 0 Å². The number of carbonyl (C=O) groups is 1. The van der Waals surface area contributed by atoms with Crippen molar-refractivity contribution in [2.24, 2.45) is 0 Å². The summed E-state index contributed by atoms with van der Waals surface area (Å²) < 4.78 is 24.9. The van der Waals surface area contributed by atoms with Gasteiger partial charge < -0.3 is 19.3 Å². The van der Waals surface area contributed by atoms with Gasteiger partial charge in [-0.05, 0) is 43.2 Å². The molecule has 0 saturated carbocycles. The van der Waals surface area contributed by atoms with Gasteiger partial charge in [-0.15, -0.1) is 0 Å². The first kappa shape index (κ1) is 21.4. The van der Waals surface area contributed by atoms with Gasteiger partial charge in [0.2, 0.25) is 0 Å². The van der Waals surface area contributed by atoms with E-state index in [1.54, 1.807) is 26.4 Å².